The van der Waals surface area contributed by atoms with Crippen molar-refractivity contribution in [2.45, 2.75) is 6.92 Å². The van der Waals surface area contributed by atoms with Gasteiger partial charge in [0.15, 0.2) is 0 Å². The lowest BCUT2D eigenvalue weighted by atomic mass is 10.3. The molecule has 2 heteroatoms. The maximum atomic E-state index is 8.65. The van der Waals surface area contributed by atoms with E-state index >= 15 is 0 Å². The third-order valence-electron chi connectivity index (χ3n) is 1.16. The molecule has 0 aliphatic carbocycles. The Morgan fingerprint density at radius 2 is 1.77 bits per heavy atom. The van der Waals surface area contributed by atoms with E-state index in [1.54, 1.807) is 12.1 Å². The SMILES string of the molecule is C=CC=CC.Oc1cccc(O)c1. The van der Waals surface area contributed by atoms with Gasteiger partial charge in [-0.05, 0) is 19.1 Å². The highest BCUT2D eigenvalue weighted by Gasteiger charge is 1.85. The van der Waals surface area contributed by atoms with Gasteiger partial charge in [0.05, 0.1) is 0 Å². The zero-order chi connectivity index (χ0) is 10.1. The maximum Gasteiger partial charge on any atom is 0.119 e. The van der Waals surface area contributed by atoms with Crippen LogP contribution < -0.4 is 0 Å². The molecule has 0 aliphatic rings. The van der Waals surface area contributed by atoms with Crippen molar-refractivity contribution in [2.75, 3.05) is 0 Å². The summed E-state index contributed by atoms with van der Waals surface area (Å²) >= 11 is 0. The van der Waals surface area contributed by atoms with E-state index in [-0.39, 0.29) is 11.5 Å². The third-order valence-corrected chi connectivity index (χ3v) is 1.16. The monoisotopic (exact) mass is 178 g/mol. The van der Waals surface area contributed by atoms with Crippen LogP contribution in [0.4, 0.5) is 0 Å². The van der Waals surface area contributed by atoms with Crippen LogP contribution in [-0.4, -0.2) is 10.2 Å². The molecule has 0 bridgehead atoms. The number of allylic oxidation sites excluding steroid dienone is 3. The number of hydrogen-bond donors (Lipinski definition) is 2. The highest BCUT2D eigenvalue weighted by molar-refractivity contribution is 5.30. The Labute approximate surface area is 78.5 Å². The first kappa shape index (κ1) is 11.3. The van der Waals surface area contributed by atoms with Gasteiger partial charge in [-0.25, -0.2) is 0 Å². The predicted octanol–water partition coefficient (Wildman–Crippen LogP) is 2.85. The molecule has 0 spiro atoms. The van der Waals surface area contributed by atoms with Crippen molar-refractivity contribution in [1.29, 1.82) is 0 Å². The largest absolute Gasteiger partial charge is 0.508 e. The van der Waals surface area contributed by atoms with Crippen molar-refractivity contribution in [3.63, 3.8) is 0 Å². The van der Waals surface area contributed by atoms with Crippen molar-refractivity contribution >= 4 is 0 Å². The molecule has 0 unspecified atom stereocenters. The second-order valence-corrected chi connectivity index (χ2v) is 2.28. The van der Waals surface area contributed by atoms with Crippen molar-refractivity contribution in [1.82, 2.24) is 0 Å². The van der Waals surface area contributed by atoms with Crippen LogP contribution in [0.3, 0.4) is 0 Å². The zero-order valence-electron chi connectivity index (χ0n) is 7.64. The average Bonchev–Trinajstić information content (AvgIpc) is 2.06. The van der Waals surface area contributed by atoms with Crippen LogP contribution >= 0.6 is 0 Å². The molecule has 0 heterocycles. The molecule has 0 radical (unpaired) electrons. The molecule has 70 valence electrons. The van der Waals surface area contributed by atoms with Gasteiger partial charge in [0.1, 0.15) is 11.5 Å². The Hall–Kier alpha value is -1.70. The maximum absolute atomic E-state index is 8.65. The lowest BCUT2D eigenvalue weighted by molar-refractivity contribution is 0.450. The number of rotatable bonds is 1. The van der Waals surface area contributed by atoms with E-state index < -0.39 is 0 Å². The first-order valence-corrected chi connectivity index (χ1v) is 3.92. The van der Waals surface area contributed by atoms with Crippen LogP contribution in [0.1, 0.15) is 6.92 Å². The number of phenols is 2. The fraction of sp³-hybridized carbons (Fsp3) is 0.0909. The van der Waals surface area contributed by atoms with Gasteiger partial charge in [0, 0.05) is 6.07 Å². The molecule has 0 aliphatic heterocycles. The molecule has 0 saturated heterocycles. The molecule has 0 atom stereocenters. The van der Waals surface area contributed by atoms with E-state index in [0.29, 0.717) is 0 Å². The van der Waals surface area contributed by atoms with E-state index in [0.717, 1.165) is 0 Å². The van der Waals surface area contributed by atoms with Crippen LogP contribution in [0, 0.1) is 0 Å². The molecular weight excluding hydrogens is 164 g/mol. The molecular formula is C11H14O2. The van der Waals surface area contributed by atoms with E-state index in [4.69, 9.17) is 10.2 Å². The van der Waals surface area contributed by atoms with Crippen LogP contribution in [0.2, 0.25) is 0 Å². The normalized spacial score (nSPS) is 9.00. The molecule has 2 N–H and O–H groups in total. The minimum absolute atomic E-state index is 0.0880. The summed E-state index contributed by atoms with van der Waals surface area (Å²) in [5.41, 5.74) is 0. The summed E-state index contributed by atoms with van der Waals surface area (Å²) in [6.45, 7) is 5.42. The Morgan fingerprint density at radius 1 is 1.23 bits per heavy atom. The zero-order valence-corrected chi connectivity index (χ0v) is 7.64. The first-order valence-electron chi connectivity index (χ1n) is 3.92. The fourth-order valence-corrected chi connectivity index (χ4v) is 0.629. The van der Waals surface area contributed by atoms with E-state index in [1.807, 2.05) is 19.1 Å². The van der Waals surface area contributed by atoms with Crippen LogP contribution in [-0.2, 0) is 0 Å². The quantitative estimate of drug-likeness (QED) is 0.649. The van der Waals surface area contributed by atoms with Crippen molar-refractivity contribution < 1.29 is 10.2 Å². The van der Waals surface area contributed by atoms with E-state index in [9.17, 15) is 0 Å². The molecule has 0 amide bonds. The predicted molar refractivity (Wildman–Crippen MR) is 54.8 cm³/mol. The summed E-state index contributed by atoms with van der Waals surface area (Å²) in [6, 6.07) is 5.85. The smallest absolute Gasteiger partial charge is 0.119 e. The fourth-order valence-electron chi connectivity index (χ4n) is 0.629. The lowest BCUT2D eigenvalue weighted by Gasteiger charge is -1.89. The molecule has 0 aromatic heterocycles. The third kappa shape index (κ3) is 6.69. The average molecular weight is 178 g/mol. The summed E-state index contributed by atoms with van der Waals surface area (Å²) in [4.78, 5) is 0. The van der Waals surface area contributed by atoms with Crippen molar-refractivity contribution in [2.24, 2.45) is 0 Å². The van der Waals surface area contributed by atoms with E-state index in [1.165, 1.54) is 18.2 Å². The van der Waals surface area contributed by atoms with Crippen molar-refractivity contribution in [3.8, 4) is 11.5 Å². The van der Waals surface area contributed by atoms with E-state index in [2.05, 4.69) is 6.58 Å². The summed E-state index contributed by atoms with van der Waals surface area (Å²) in [6.07, 6.45) is 5.58. The molecule has 0 saturated carbocycles. The number of aromatic hydroxyl groups is 2. The number of benzene rings is 1. The molecule has 0 fully saturated rings. The Morgan fingerprint density at radius 3 is 1.92 bits per heavy atom. The highest BCUT2D eigenvalue weighted by atomic mass is 16.3. The van der Waals surface area contributed by atoms with Crippen LogP contribution in [0.25, 0.3) is 0 Å². The summed E-state index contributed by atoms with van der Waals surface area (Å²) in [7, 11) is 0. The van der Waals surface area contributed by atoms with Crippen LogP contribution in [0.5, 0.6) is 11.5 Å². The van der Waals surface area contributed by atoms with Gasteiger partial charge in [0.2, 0.25) is 0 Å². The second kappa shape index (κ2) is 6.98. The van der Waals surface area contributed by atoms with Gasteiger partial charge >= 0.3 is 0 Å². The summed E-state index contributed by atoms with van der Waals surface area (Å²) in [5.74, 6) is 0.176. The summed E-state index contributed by atoms with van der Waals surface area (Å²) < 4.78 is 0. The minimum Gasteiger partial charge on any atom is -0.508 e. The standard InChI is InChI=1S/C6H6O2.C5H8/c7-5-2-1-3-6(8)4-5;1-3-5-4-2/h1-4,7-8H;3-5H,1H2,2H3. The number of hydrogen-bond acceptors (Lipinski definition) is 2. The molecule has 2 nitrogen and oxygen atoms in total. The lowest BCUT2D eigenvalue weighted by Crippen LogP contribution is -1.61. The van der Waals surface area contributed by atoms with Gasteiger partial charge in [-0.3, -0.25) is 0 Å². The van der Waals surface area contributed by atoms with Gasteiger partial charge in [0.25, 0.3) is 0 Å². The number of phenolic OH excluding ortho intramolecular Hbond substituents is 2. The Bertz CT molecular complexity index is 260. The molecule has 1 rings (SSSR count). The Balaban J connectivity index is 0.000000252. The molecule has 1 aromatic carbocycles. The summed E-state index contributed by atoms with van der Waals surface area (Å²) in [5, 5.41) is 17.3. The van der Waals surface area contributed by atoms with Gasteiger partial charge in [-0.1, -0.05) is 30.9 Å². The second-order valence-electron chi connectivity index (χ2n) is 2.28. The topological polar surface area (TPSA) is 40.5 Å². The van der Waals surface area contributed by atoms with Crippen molar-refractivity contribution in [3.05, 3.63) is 49.1 Å². The van der Waals surface area contributed by atoms with Gasteiger partial charge < -0.3 is 10.2 Å². The van der Waals surface area contributed by atoms with Crippen LogP contribution in [0.15, 0.2) is 49.1 Å². The molecule has 13 heavy (non-hydrogen) atoms. The van der Waals surface area contributed by atoms with Gasteiger partial charge in [-0.2, -0.15) is 0 Å². The Kier molecular flexibility index (Phi) is 6.06. The van der Waals surface area contributed by atoms with Gasteiger partial charge in [-0.15, -0.1) is 0 Å². The minimum atomic E-state index is 0.0880. The highest BCUT2D eigenvalue weighted by Crippen LogP contribution is 2.14. The molecule has 1 aromatic rings. The first-order chi connectivity index (χ1) is 6.20.